The van der Waals surface area contributed by atoms with E-state index in [9.17, 15) is 4.79 Å². The monoisotopic (exact) mass is 256 g/mol. The number of hydrogen-bond donors (Lipinski definition) is 2. The summed E-state index contributed by atoms with van der Waals surface area (Å²) in [6.07, 6.45) is 1.99. The second kappa shape index (κ2) is 4.89. The summed E-state index contributed by atoms with van der Waals surface area (Å²) in [6, 6.07) is 3.17. The maximum Gasteiger partial charge on any atom is 0.339 e. The van der Waals surface area contributed by atoms with E-state index >= 15 is 0 Å². The van der Waals surface area contributed by atoms with E-state index in [0.717, 1.165) is 12.8 Å². The first-order valence-corrected chi connectivity index (χ1v) is 5.78. The van der Waals surface area contributed by atoms with Crippen molar-refractivity contribution in [2.24, 2.45) is 0 Å². The van der Waals surface area contributed by atoms with E-state index in [-0.39, 0.29) is 23.4 Å². The molecule has 1 heterocycles. The maximum absolute atomic E-state index is 11.1. The van der Waals surface area contributed by atoms with Crippen LogP contribution in [-0.4, -0.2) is 40.4 Å². The average Bonchev–Trinajstić information content (AvgIpc) is 3.09. The first-order valence-electron chi connectivity index (χ1n) is 5.41. The van der Waals surface area contributed by atoms with Crippen molar-refractivity contribution in [2.45, 2.75) is 18.9 Å². The van der Waals surface area contributed by atoms with Crippen LogP contribution in [0.4, 0.5) is 5.82 Å². The Morgan fingerprint density at radius 2 is 2.24 bits per heavy atom. The van der Waals surface area contributed by atoms with Gasteiger partial charge in [0, 0.05) is 12.6 Å². The Bertz CT molecular complexity index is 435. The van der Waals surface area contributed by atoms with Crippen LogP contribution < -0.4 is 4.90 Å². The van der Waals surface area contributed by atoms with Crippen LogP contribution in [0.1, 0.15) is 23.2 Å². The average molecular weight is 257 g/mol. The topological polar surface area (TPSA) is 73.7 Å². The normalized spacial score (nSPS) is 14.7. The van der Waals surface area contributed by atoms with E-state index in [4.69, 9.17) is 21.8 Å². The second-order valence-corrected chi connectivity index (χ2v) is 4.35. The second-order valence-electron chi connectivity index (χ2n) is 3.96. The Hall–Kier alpha value is -1.33. The zero-order chi connectivity index (χ0) is 12.4. The third kappa shape index (κ3) is 2.68. The SMILES string of the molecule is O=C(O)c1ccc(Cl)nc1N(CCO)C1CC1. The van der Waals surface area contributed by atoms with Gasteiger partial charge in [-0.05, 0) is 25.0 Å². The molecule has 1 aliphatic rings. The number of carboxylic acid groups (broad SMARTS) is 1. The van der Waals surface area contributed by atoms with Gasteiger partial charge in [-0.25, -0.2) is 9.78 Å². The minimum absolute atomic E-state index is 0.0379. The van der Waals surface area contributed by atoms with Gasteiger partial charge in [0.1, 0.15) is 16.5 Å². The van der Waals surface area contributed by atoms with Gasteiger partial charge in [0.2, 0.25) is 0 Å². The molecule has 2 rings (SSSR count). The van der Waals surface area contributed by atoms with Crippen LogP contribution in [0, 0.1) is 0 Å². The van der Waals surface area contributed by atoms with Crippen LogP contribution in [0.25, 0.3) is 0 Å². The predicted molar refractivity (Wildman–Crippen MR) is 63.7 cm³/mol. The molecule has 0 radical (unpaired) electrons. The van der Waals surface area contributed by atoms with Crippen molar-refractivity contribution in [2.75, 3.05) is 18.1 Å². The molecular weight excluding hydrogens is 244 g/mol. The smallest absolute Gasteiger partial charge is 0.339 e. The number of pyridine rings is 1. The molecule has 0 spiro atoms. The quantitative estimate of drug-likeness (QED) is 0.779. The summed E-state index contributed by atoms with van der Waals surface area (Å²) in [5, 5.41) is 18.4. The summed E-state index contributed by atoms with van der Waals surface area (Å²) >= 11 is 5.80. The molecular formula is C11H13ClN2O3. The largest absolute Gasteiger partial charge is 0.478 e. The van der Waals surface area contributed by atoms with E-state index in [1.165, 1.54) is 12.1 Å². The van der Waals surface area contributed by atoms with Crippen molar-refractivity contribution < 1.29 is 15.0 Å². The molecule has 1 aliphatic carbocycles. The highest BCUT2D eigenvalue weighted by Gasteiger charge is 2.32. The summed E-state index contributed by atoms with van der Waals surface area (Å²) < 4.78 is 0. The van der Waals surface area contributed by atoms with Crippen molar-refractivity contribution in [3.63, 3.8) is 0 Å². The van der Waals surface area contributed by atoms with Gasteiger partial charge in [-0.3, -0.25) is 0 Å². The van der Waals surface area contributed by atoms with Crippen molar-refractivity contribution in [1.29, 1.82) is 0 Å². The van der Waals surface area contributed by atoms with Gasteiger partial charge in [0.05, 0.1) is 6.61 Å². The summed E-state index contributed by atoms with van der Waals surface area (Å²) in [5.74, 6) is -0.686. The lowest BCUT2D eigenvalue weighted by atomic mass is 10.2. The Balaban J connectivity index is 2.39. The zero-order valence-corrected chi connectivity index (χ0v) is 9.89. The van der Waals surface area contributed by atoms with Crippen LogP contribution in [0.2, 0.25) is 5.15 Å². The minimum atomic E-state index is -1.03. The summed E-state index contributed by atoms with van der Waals surface area (Å²) in [5.41, 5.74) is 0.120. The van der Waals surface area contributed by atoms with E-state index in [1.807, 2.05) is 4.90 Å². The molecule has 1 fully saturated rings. The highest BCUT2D eigenvalue weighted by Crippen LogP contribution is 2.32. The zero-order valence-electron chi connectivity index (χ0n) is 9.14. The molecule has 6 heteroatoms. The molecule has 5 nitrogen and oxygen atoms in total. The molecule has 0 atom stereocenters. The Labute approximate surface area is 104 Å². The van der Waals surface area contributed by atoms with E-state index in [1.54, 1.807) is 0 Å². The Kier molecular flexibility index (Phi) is 3.49. The van der Waals surface area contributed by atoms with Crippen molar-refractivity contribution in [3.8, 4) is 0 Å². The molecule has 92 valence electrons. The third-order valence-electron chi connectivity index (χ3n) is 2.67. The fourth-order valence-electron chi connectivity index (χ4n) is 1.77. The van der Waals surface area contributed by atoms with Gasteiger partial charge in [-0.15, -0.1) is 0 Å². The molecule has 1 aromatic heterocycles. The van der Waals surface area contributed by atoms with Gasteiger partial charge in [0.15, 0.2) is 0 Å². The highest BCUT2D eigenvalue weighted by molar-refractivity contribution is 6.29. The minimum Gasteiger partial charge on any atom is -0.478 e. The molecule has 0 saturated heterocycles. The summed E-state index contributed by atoms with van der Waals surface area (Å²) in [6.45, 7) is 0.335. The fourth-order valence-corrected chi connectivity index (χ4v) is 1.91. The van der Waals surface area contributed by atoms with E-state index in [0.29, 0.717) is 12.4 Å². The Morgan fingerprint density at radius 1 is 1.53 bits per heavy atom. The molecule has 0 unspecified atom stereocenters. The standard InChI is InChI=1S/C11H13ClN2O3/c12-9-4-3-8(11(16)17)10(13-9)14(5-6-15)7-1-2-7/h3-4,7,15H,1-2,5-6H2,(H,16,17). The maximum atomic E-state index is 11.1. The number of hydrogen-bond acceptors (Lipinski definition) is 4. The van der Waals surface area contributed by atoms with Crippen LogP contribution in [0.15, 0.2) is 12.1 Å². The predicted octanol–water partition coefficient (Wildman–Crippen LogP) is 1.39. The number of rotatable bonds is 5. The molecule has 0 aliphatic heterocycles. The van der Waals surface area contributed by atoms with Crippen molar-refractivity contribution >= 4 is 23.4 Å². The van der Waals surface area contributed by atoms with Gasteiger partial charge in [-0.1, -0.05) is 11.6 Å². The number of aromatic carboxylic acids is 1. The highest BCUT2D eigenvalue weighted by atomic mass is 35.5. The van der Waals surface area contributed by atoms with Gasteiger partial charge < -0.3 is 15.1 Å². The van der Waals surface area contributed by atoms with Gasteiger partial charge >= 0.3 is 5.97 Å². The number of halogens is 1. The van der Waals surface area contributed by atoms with Crippen molar-refractivity contribution in [1.82, 2.24) is 4.98 Å². The van der Waals surface area contributed by atoms with Crippen LogP contribution >= 0.6 is 11.6 Å². The number of carbonyl (C=O) groups is 1. The Morgan fingerprint density at radius 3 is 2.76 bits per heavy atom. The van der Waals surface area contributed by atoms with E-state index in [2.05, 4.69) is 4.98 Å². The van der Waals surface area contributed by atoms with Crippen LogP contribution in [0.3, 0.4) is 0 Å². The van der Waals surface area contributed by atoms with Crippen LogP contribution in [-0.2, 0) is 0 Å². The molecule has 1 aromatic rings. The molecule has 0 aromatic carbocycles. The van der Waals surface area contributed by atoms with Crippen LogP contribution in [0.5, 0.6) is 0 Å². The van der Waals surface area contributed by atoms with E-state index < -0.39 is 5.97 Å². The molecule has 0 amide bonds. The lowest BCUT2D eigenvalue weighted by molar-refractivity contribution is 0.0697. The lowest BCUT2D eigenvalue weighted by Crippen LogP contribution is -2.31. The number of aliphatic hydroxyl groups excluding tert-OH is 1. The number of aromatic nitrogens is 1. The molecule has 17 heavy (non-hydrogen) atoms. The van der Waals surface area contributed by atoms with Crippen molar-refractivity contribution in [3.05, 3.63) is 22.8 Å². The van der Waals surface area contributed by atoms with Gasteiger partial charge in [-0.2, -0.15) is 0 Å². The molecule has 1 saturated carbocycles. The third-order valence-corrected chi connectivity index (χ3v) is 2.88. The van der Waals surface area contributed by atoms with Gasteiger partial charge in [0.25, 0.3) is 0 Å². The molecule has 0 bridgehead atoms. The summed E-state index contributed by atoms with van der Waals surface area (Å²) in [7, 11) is 0. The molecule has 2 N–H and O–H groups in total. The number of anilines is 1. The fraction of sp³-hybridized carbons (Fsp3) is 0.455. The number of carboxylic acids is 1. The first kappa shape index (κ1) is 12.1. The number of aliphatic hydroxyl groups is 1. The number of nitrogens with zero attached hydrogens (tertiary/aromatic N) is 2. The summed E-state index contributed by atoms with van der Waals surface area (Å²) in [4.78, 5) is 17.0. The lowest BCUT2D eigenvalue weighted by Gasteiger charge is -2.24. The first-order chi connectivity index (χ1) is 8.13.